The molecule has 0 aliphatic rings. The Hall–Kier alpha value is -0.910. The van der Waals surface area contributed by atoms with E-state index in [2.05, 4.69) is 15.7 Å². The lowest BCUT2D eigenvalue weighted by atomic mass is 10.4. The summed E-state index contributed by atoms with van der Waals surface area (Å²) in [6, 6.07) is 2.02. The zero-order valence-corrected chi connectivity index (χ0v) is 9.49. The molecular weight excluding hydrogens is 192 g/mol. The van der Waals surface area contributed by atoms with Crippen LogP contribution >= 0.6 is 0 Å². The first-order valence-corrected chi connectivity index (χ1v) is 5.22. The highest BCUT2D eigenvalue weighted by molar-refractivity contribution is 4.97. The number of nitrogens with zero attached hydrogens (tertiary/aromatic N) is 2. The molecule has 0 saturated heterocycles. The number of hydrogen-bond acceptors (Lipinski definition) is 4. The van der Waals surface area contributed by atoms with Gasteiger partial charge in [0.2, 0.25) is 0 Å². The van der Waals surface area contributed by atoms with Gasteiger partial charge >= 0.3 is 0 Å². The first-order valence-electron chi connectivity index (χ1n) is 5.22. The second kappa shape index (κ2) is 7.39. The summed E-state index contributed by atoms with van der Waals surface area (Å²) < 4.78 is 6.74. The summed E-state index contributed by atoms with van der Waals surface area (Å²) in [6.07, 6.45) is 1.95. The van der Waals surface area contributed by atoms with Crippen molar-refractivity contribution in [1.29, 1.82) is 0 Å². The molecule has 1 aromatic rings. The number of rotatable bonds is 8. The van der Waals surface area contributed by atoms with Gasteiger partial charge in [-0.2, -0.15) is 5.10 Å². The molecule has 0 bridgehead atoms. The maximum Gasteiger partial charge on any atom is 0.0762 e. The Bertz CT molecular complexity index is 262. The summed E-state index contributed by atoms with van der Waals surface area (Å²) in [5.74, 6) is 0. The monoisotopic (exact) mass is 212 g/mol. The van der Waals surface area contributed by atoms with Crippen LogP contribution in [0.5, 0.6) is 0 Å². The van der Waals surface area contributed by atoms with E-state index in [-0.39, 0.29) is 0 Å². The average molecular weight is 212 g/mol. The Morgan fingerprint density at radius 3 is 2.80 bits per heavy atom. The lowest BCUT2D eigenvalue weighted by Gasteiger charge is -2.04. The van der Waals surface area contributed by atoms with Gasteiger partial charge in [0.15, 0.2) is 0 Å². The largest absolute Gasteiger partial charge is 0.383 e. The molecule has 0 fully saturated rings. The van der Waals surface area contributed by atoms with Crippen molar-refractivity contribution in [3.63, 3.8) is 0 Å². The number of ether oxygens (including phenoxy) is 1. The molecule has 0 radical (unpaired) electrons. The highest BCUT2D eigenvalue weighted by Gasteiger charge is 1.94. The molecule has 86 valence electrons. The van der Waals surface area contributed by atoms with Crippen LogP contribution in [0.1, 0.15) is 5.69 Å². The molecule has 0 amide bonds. The van der Waals surface area contributed by atoms with Crippen molar-refractivity contribution < 1.29 is 4.74 Å². The summed E-state index contributed by atoms with van der Waals surface area (Å²) in [5.41, 5.74) is 1.08. The molecule has 0 aromatic carbocycles. The zero-order valence-electron chi connectivity index (χ0n) is 9.49. The molecule has 15 heavy (non-hydrogen) atoms. The number of aryl methyl sites for hydroxylation is 1. The van der Waals surface area contributed by atoms with Gasteiger partial charge < -0.3 is 15.4 Å². The van der Waals surface area contributed by atoms with E-state index in [9.17, 15) is 0 Å². The van der Waals surface area contributed by atoms with Crippen LogP contribution in [0.2, 0.25) is 0 Å². The van der Waals surface area contributed by atoms with Crippen molar-refractivity contribution in [2.24, 2.45) is 7.05 Å². The highest BCUT2D eigenvalue weighted by Crippen LogP contribution is 1.91. The molecular formula is C10H20N4O. The summed E-state index contributed by atoms with van der Waals surface area (Å²) in [6.45, 7) is 4.39. The Labute approximate surface area is 90.8 Å². The fourth-order valence-corrected chi connectivity index (χ4v) is 1.25. The van der Waals surface area contributed by atoms with Crippen molar-refractivity contribution in [3.8, 4) is 0 Å². The zero-order chi connectivity index (χ0) is 10.9. The topological polar surface area (TPSA) is 51.1 Å². The van der Waals surface area contributed by atoms with Crippen LogP contribution in [0, 0.1) is 0 Å². The third-order valence-electron chi connectivity index (χ3n) is 2.04. The van der Waals surface area contributed by atoms with Crippen molar-refractivity contribution in [1.82, 2.24) is 20.4 Å². The van der Waals surface area contributed by atoms with Crippen LogP contribution in [0.15, 0.2) is 12.3 Å². The molecule has 1 heterocycles. The Morgan fingerprint density at radius 1 is 1.33 bits per heavy atom. The first-order chi connectivity index (χ1) is 7.33. The second-order valence-corrected chi connectivity index (χ2v) is 3.40. The SMILES string of the molecule is COCCNCCNCc1ccn(C)n1. The van der Waals surface area contributed by atoms with E-state index in [1.165, 1.54) is 0 Å². The number of methoxy groups -OCH3 is 1. The number of hydrogen-bond donors (Lipinski definition) is 2. The van der Waals surface area contributed by atoms with Crippen molar-refractivity contribution in [2.45, 2.75) is 6.54 Å². The molecule has 0 aliphatic heterocycles. The molecule has 0 unspecified atom stereocenters. The van der Waals surface area contributed by atoms with Gasteiger partial charge in [0.1, 0.15) is 0 Å². The Balaban J connectivity index is 1.93. The van der Waals surface area contributed by atoms with Crippen LogP contribution in [0.3, 0.4) is 0 Å². The lowest BCUT2D eigenvalue weighted by Crippen LogP contribution is -2.29. The van der Waals surface area contributed by atoms with Crippen molar-refractivity contribution in [2.75, 3.05) is 33.4 Å². The molecule has 1 aromatic heterocycles. The third-order valence-corrected chi connectivity index (χ3v) is 2.04. The average Bonchev–Trinajstić information content (AvgIpc) is 2.63. The van der Waals surface area contributed by atoms with E-state index in [4.69, 9.17) is 4.74 Å². The van der Waals surface area contributed by atoms with Crippen LogP contribution in [0.25, 0.3) is 0 Å². The van der Waals surface area contributed by atoms with Gasteiger partial charge in [0.25, 0.3) is 0 Å². The van der Waals surface area contributed by atoms with Gasteiger partial charge in [-0.1, -0.05) is 0 Å². The van der Waals surface area contributed by atoms with Gasteiger partial charge in [0.05, 0.1) is 12.3 Å². The normalized spacial score (nSPS) is 10.8. The van der Waals surface area contributed by atoms with Crippen LogP contribution in [0.4, 0.5) is 0 Å². The number of nitrogens with one attached hydrogen (secondary N) is 2. The fraction of sp³-hybridized carbons (Fsp3) is 0.700. The minimum absolute atomic E-state index is 0.764. The molecule has 0 atom stereocenters. The van der Waals surface area contributed by atoms with Crippen molar-refractivity contribution >= 4 is 0 Å². The van der Waals surface area contributed by atoms with E-state index in [1.807, 2.05) is 24.0 Å². The van der Waals surface area contributed by atoms with Crippen LogP contribution in [-0.4, -0.2) is 43.1 Å². The predicted molar refractivity (Wildman–Crippen MR) is 59.7 cm³/mol. The quantitative estimate of drug-likeness (QED) is 0.583. The second-order valence-electron chi connectivity index (χ2n) is 3.40. The van der Waals surface area contributed by atoms with Gasteiger partial charge in [-0.3, -0.25) is 4.68 Å². The fourth-order valence-electron chi connectivity index (χ4n) is 1.25. The smallest absolute Gasteiger partial charge is 0.0762 e. The van der Waals surface area contributed by atoms with Gasteiger partial charge in [0, 0.05) is 46.5 Å². The molecule has 5 heteroatoms. The van der Waals surface area contributed by atoms with E-state index in [0.29, 0.717) is 0 Å². The molecule has 5 nitrogen and oxygen atoms in total. The minimum atomic E-state index is 0.764. The lowest BCUT2D eigenvalue weighted by molar-refractivity contribution is 0.199. The summed E-state index contributed by atoms with van der Waals surface area (Å²) in [5, 5.41) is 10.8. The third kappa shape index (κ3) is 5.51. The summed E-state index contributed by atoms with van der Waals surface area (Å²) in [7, 11) is 3.64. The molecule has 0 saturated carbocycles. The van der Waals surface area contributed by atoms with Gasteiger partial charge in [-0.25, -0.2) is 0 Å². The van der Waals surface area contributed by atoms with E-state index in [1.54, 1.807) is 7.11 Å². The predicted octanol–water partition coefficient (Wildman–Crippen LogP) is -0.254. The van der Waals surface area contributed by atoms with Gasteiger partial charge in [-0.05, 0) is 6.07 Å². The standard InChI is InChI=1S/C10H20N4O/c1-14-7-3-10(13-14)9-12-5-4-11-6-8-15-2/h3,7,11-12H,4-6,8-9H2,1-2H3. The van der Waals surface area contributed by atoms with E-state index in [0.717, 1.165) is 38.5 Å². The van der Waals surface area contributed by atoms with Crippen LogP contribution < -0.4 is 10.6 Å². The first kappa shape index (κ1) is 12.2. The maximum atomic E-state index is 4.92. The van der Waals surface area contributed by atoms with Gasteiger partial charge in [-0.15, -0.1) is 0 Å². The summed E-state index contributed by atoms with van der Waals surface area (Å²) >= 11 is 0. The molecule has 2 N–H and O–H groups in total. The summed E-state index contributed by atoms with van der Waals surface area (Å²) in [4.78, 5) is 0. The Kier molecular flexibility index (Phi) is 5.99. The van der Waals surface area contributed by atoms with E-state index < -0.39 is 0 Å². The maximum absolute atomic E-state index is 4.92. The van der Waals surface area contributed by atoms with Crippen LogP contribution in [-0.2, 0) is 18.3 Å². The minimum Gasteiger partial charge on any atom is -0.383 e. The Morgan fingerprint density at radius 2 is 2.13 bits per heavy atom. The highest BCUT2D eigenvalue weighted by atomic mass is 16.5. The molecule has 1 rings (SSSR count). The van der Waals surface area contributed by atoms with Crippen molar-refractivity contribution in [3.05, 3.63) is 18.0 Å². The molecule has 0 aliphatic carbocycles. The number of aromatic nitrogens is 2. The molecule has 0 spiro atoms. The van der Waals surface area contributed by atoms with E-state index >= 15 is 0 Å².